The molecule has 0 spiro atoms. The molecule has 1 fully saturated rings. The summed E-state index contributed by atoms with van der Waals surface area (Å²) in [7, 11) is 0. The molecule has 1 atom stereocenters. The Labute approximate surface area is 95.9 Å². The van der Waals surface area contributed by atoms with E-state index < -0.39 is 0 Å². The maximum Gasteiger partial charge on any atom is 0.241 e. The monoisotopic (exact) mass is 225 g/mol. The summed E-state index contributed by atoms with van der Waals surface area (Å²) >= 11 is 0. The zero-order chi connectivity index (χ0) is 12.1. The van der Waals surface area contributed by atoms with Crippen LogP contribution in [-0.4, -0.2) is 48.9 Å². The number of likely N-dealkylation sites (N-methyl/N-ethyl adjacent to an activating group) is 1. The average molecular weight is 225 g/mol. The molecule has 90 valence electrons. The van der Waals surface area contributed by atoms with Crippen molar-refractivity contribution in [1.29, 1.82) is 0 Å². The van der Waals surface area contributed by atoms with Crippen LogP contribution in [0.4, 0.5) is 0 Å². The van der Waals surface area contributed by atoms with Gasteiger partial charge in [0.15, 0.2) is 0 Å². The number of piperazine rings is 1. The van der Waals surface area contributed by atoms with Gasteiger partial charge in [-0.05, 0) is 13.8 Å². The van der Waals surface area contributed by atoms with E-state index in [1.54, 1.807) is 4.90 Å². The van der Waals surface area contributed by atoms with Gasteiger partial charge in [0.05, 0.1) is 6.54 Å². The summed E-state index contributed by atoms with van der Waals surface area (Å²) < 4.78 is 0. The molecule has 0 saturated carbocycles. The fourth-order valence-electron chi connectivity index (χ4n) is 1.63. The summed E-state index contributed by atoms with van der Waals surface area (Å²) in [4.78, 5) is 24.7. The Bertz CT molecular complexity index is 292. The highest BCUT2D eigenvalue weighted by Crippen LogP contribution is 2.01. The summed E-state index contributed by atoms with van der Waals surface area (Å²) in [6.45, 7) is 9.42. The Kier molecular flexibility index (Phi) is 4.49. The average Bonchev–Trinajstić information content (AvgIpc) is 2.25. The van der Waals surface area contributed by atoms with Crippen molar-refractivity contribution in [3.05, 3.63) is 12.2 Å². The van der Waals surface area contributed by atoms with Crippen molar-refractivity contribution < 1.29 is 9.59 Å². The molecular weight excluding hydrogens is 206 g/mol. The molecule has 0 aliphatic carbocycles. The van der Waals surface area contributed by atoms with Gasteiger partial charge in [-0.3, -0.25) is 14.9 Å². The Morgan fingerprint density at radius 3 is 2.75 bits per heavy atom. The third-order valence-corrected chi connectivity index (χ3v) is 2.46. The van der Waals surface area contributed by atoms with E-state index in [2.05, 4.69) is 17.2 Å². The zero-order valence-electron chi connectivity index (χ0n) is 9.88. The molecule has 5 heteroatoms. The van der Waals surface area contributed by atoms with Crippen LogP contribution in [0, 0.1) is 0 Å². The van der Waals surface area contributed by atoms with E-state index in [4.69, 9.17) is 0 Å². The van der Waals surface area contributed by atoms with Gasteiger partial charge in [0.1, 0.15) is 6.04 Å². The molecule has 1 aliphatic heterocycles. The van der Waals surface area contributed by atoms with Crippen LogP contribution in [-0.2, 0) is 9.59 Å². The smallest absolute Gasteiger partial charge is 0.241 e. The van der Waals surface area contributed by atoms with Gasteiger partial charge in [-0.25, -0.2) is 0 Å². The standard InChI is InChI=1S/C11H19N3O2/c1-4-14(7-8(2)3)11(16)9-5-13-10(15)6-12-9/h9,12H,2,4-7H2,1,3H3,(H,13,15). The van der Waals surface area contributed by atoms with Gasteiger partial charge in [0.25, 0.3) is 0 Å². The van der Waals surface area contributed by atoms with Crippen molar-refractivity contribution in [2.24, 2.45) is 0 Å². The van der Waals surface area contributed by atoms with Crippen LogP contribution in [0.25, 0.3) is 0 Å². The fourth-order valence-corrected chi connectivity index (χ4v) is 1.63. The van der Waals surface area contributed by atoms with Gasteiger partial charge in [-0.1, -0.05) is 12.2 Å². The van der Waals surface area contributed by atoms with Gasteiger partial charge < -0.3 is 10.2 Å². The van der Waals surface area contributed by atoms with Crippen molar-refractivity contribution in [2.45, 2.75) is 19.9 Å². The molecule has 1 rings (SSSR count). The van der Waals surface area contributed by atoms with Crippen LogP contribution < -0.4 is 10.6 Å². The minimum atomic E-state index is -0.308. The molecule has 5 nitrogen and oxygen atoms in total. The summed E-state index contributed by atoms with van der Waals surface area (Å²) in [5.41, 5.74) is 0.954. The lowest BCUT2D eigenvalue weighted by molar-refractivity contribution is -0.134. The second-order valence-electron chi connectivity index (χ2n) is 4.05. The van der Waals surface area contributed by atoms with E-state index in [9.17, 15) is 9.59 Å². The van der Waals surface area contributed by atoms with Gasteiger partial charge in [0.2, 0.25) is 11.8 Å². The summed E-state index contributed by atoms with van der Waals surface area (Å²) in [6.07, 6.45) is 0. The number of nitrogens with zero attached hydrogens (tertiary/aromatic N) is 1. The van der Waals surface area contributed by atoms with E-state index in [1.165, 1.54) is 0 Å². The van der Waals surface area contributed by atoms with Gasteiger partial charge in [0, 0.05) is 19.6 Å². The lowest BCUT2D eigenvalue weighted by atomic mass is 10.2. The van der Waals surface area contributed by atoms with E-state index >= 15 is 0 Å². The lowest BCUT2D eigenvalue weighted by Gasteiger charge is -2.29. The largest absolute Gasteiger partial charge is 0.353 e. The Balaban J connectivity index is 2.54. The van der Waals surface area contributed by atoms with Crippen LogP contribution in [0.5, 0.6) is 0 Å². The van der Waals surface area contributed by atoms with Crippen LogP contribution >= 0.6 is 0 Å². The molecule has 0 aromatic rings. The minimum absolute atomic E-state index is 0.0190. The minimum Gasteiger partial charge on any atom is -0.353 e. The highest BCUT2D eigenvalue weighted by Gasteiger charge is 2.26. The first-order valence-corrected chi connectivity index (χ1v) is 5.47. The fraction of sp³-hybridized carbons (Fsp3) is 0.636. The number of hydrogen-bond acceptors (Lipinski definition) is 3. The first-order chi connectivity index (χ1) is 7.54. The Hall–Kier alpha value is -1.36. The molecule has 16 heavy (non-hydrogen) atoms. The van der Waals surface area contributed by atoms with Crippen molar-refractivity contribution in [3.63, 3.8) is 0 Å². The molecule has 0 radical (unpaired) electrons. The van der Waals surface area contributed by atoms with E-state index in [-0.39, 0.29) is 24.4 Å². The number of hydrogen-bond donors (Lipinski definition) is 2. The SMILES string of the molecule is C=C(C)CN(CC)C(=O)C1CNC(=O)CN1. The summed E-state index contributed by atoms with van der Waals surface area (Å²) in [5.74, 6) is -0.0440. The van der Waals surface area contributed by atoms with E-state index in [1.807, 2.05) is 13.8 Å². The Morgan fingerprint density at radius 2 is 2.31 bits per heavy atom. The first-order valence-electron chi connectivity index (χ1n) is 5.47. The molecule has 1 unspecified atom stereocenters. The molecule has 0 bridgehead atoms. The number of amides is 2. The van der Waals surface area contributed by atoms with Crippen LogP contribution in [0.3, 0.4) is 0 Å². The number of carbonyl (C=O) groups excluding carboxylic acids is 2. The molecule has 1 heterocycles. The van der Waals surface area contributed by atoms with Crippen molar-refractivity contribution in [2.75, 3.05) is 26.2 Å². The maximum atomic E-state index is 12.0. The van der Waals surface area contributed by atoms with E-state index in [0.29, 0.717) is 19.6 Å². The molecule has 1 saturated heterocycles. The normalized spacial score (nSPS) is 20.1. The number of rotatable bonds is 4. The molecular formula is C11H19N3O2. The zero-order valence-corrected chi connectivity index (χ0v) is 9.88. The molecule has 2 N–H and O–H groups in total. The van der Waals surface area contributed by atoms with Crippen LogP contribution in [0.1, 0.15) is 13.8 Å². The van der Waals surface area contributed by atoms with Gasteiger partial charge >= 0.3 is 0 Å². The molecule has 2 amide bonds. The van der Waals surface area contributed by atoms with Crippen LogP contribution in [0.2, 0.25) is 0 Å². The third-order valence-electron chi connectivity index (χ3n) is 2.46. The number of carbonyl (C=O) groups is 2. The summed E-state index contributed by atoms with van der Waals surface area (Å²) in [6, 6.07) is -0.308. The Morgan fingerprint density at radius 1 is 1.62 bits per heavy atom. The number of nitrogens with one attached hydrogen (secondary N) is 2. The highest BCUT2D eigenvalue weighted by atomic mass is 16.2. The van der Waals surface area contributed by atoms with Crippen LogP contribution in [0.15, 0.2) is 12.2 Å². The van der Waals surface area contributed by atoms with Gasteiger partial charge in [-0.2, -0.15) is 0 Å². The lowest BCUT2D eigenvalue weighted by Crippen LogP contribution is -2.58. The predicted molar refractivity (Wildman–Crippen MR) is 61.9 cm³/mol. The van der Waals surface area contributed by atoms with Crippen molar-refractivity contribution in [3.8, 4) is 0 Å². The molecule has 0 aromatic carbocycles. The van der Waals surface area contributed by atoms with E-state index in [0.717, 1.165) is 5.57 Å². The maximum absolute atomic E-state index is 12.0. The molecule has 1 aliphatic rings. The van der Waals surface area contributed by atoms with Crippen molar-refractivity contribution in [1.82, 2.24) is 15.5 Å². The predicted octanol–water partition coefficient (Wildman–Crippen LogP) is -0.501. The second-order valence-corrected chi connectivity index (χ2v) is 4.05. The quantitative estimate of drug-likeness (QED) is 0.634. The van der Waals surface area contributed by atoms with Gasteiger partial charge in [-0.15, -0.1) is 0 Å². The summed E-state index contributed by atoms with van der Waals surface area (Å²) in [5, 5.41) is 5.60. The highest BCUT2D eigenvalue weighted by molar-refractivity contribution is 5.86. The first kappa shape index (κ1) is 12.7. The molecule has 0 aromatic heterocycles. The third kappa shape index (κ3) is 3.34. The second kappa shape index (κ2) is 5.65. The topological polar surface area (TPSA) is 61.4 Å². The van der Waals surface area contributed by atoms with Crippen molar-refractivity contribution >= 4 is 11.8 Å².